The Hall–Kier alpha value is -2.61. The van der Waals surface area contributed by atoms with Crippen LogP contribution in [0, 0.1) is 0 Å². The molecule has 0 bridgehead atoms. The first kappa shape index (κ1) is 25.5. The Kier molecular flexibility index (Phi) is 8.31. The summed E-state index contributed by atoms with van der Waals surface area (Å²) in [6.45, 7) is 2.01. The summed E-state index contributed by atoms with van der Waals surface area (Å²) < 4.78 is 9.76. The van der Waals surface area contributed by atoms with Crippen LogP contribution in [-0.2, 0) is 11.2 Å². The van der Waals surface area contributed by atoms with Gasteiger partial charge in [-0.1, -0.05) is 73.3 Å². The number of benzene rings is 2. The van der Waals surface area contributed by atoms with Crippen LogP contribution < -0.4 is 15.0 Å². The third kappa shape index (κ3) is 5.47. The van der Waals surface area contributed by atoms with Crippen molar-refractivity contribution < 1.29 is 14.3 Å². The second kappa shape index (κ2) is 11.4. The molecule has 1 N–H and O–H groups in total. The Morgan fingerprint density at radius 1 is 1.14 bits per heavy atom. The molecule has 6 nitrogen and oxygen atoms in total. The molecular weight excluding hydrogens is 505 g/mol. The first-order valence-corrected chi connectivity index (χ1v) is 13.1. The number of hydrogen-bond donors (Lipinski definition) is 1. The number of ether oxygens (including phenoxy) is 1. The molecule has 0 saturated heterocycles. The van der Waals surface area contributed by atoms with Crippen LogP contribution in [0.15, 0.2) is 48.5 Å². The summed E-state index contributed by atoms with van der Waals surface area (Å²) in [6.07, 6.45) is 4.67. The van der Waals surface area contributed by atoms with E-state index in [1.165, 1.54) is 4.90 Å². The van der Waals surface area contributed by atoms with E-state index in [9.17, 15) is 9.59 Å². The molecule has 0 aliphatic heterocycles. The third-order valence-corrected chi connectivity index (χ3v) is 7.90. The minimum Gasteiger partial charge on any atom is -0.497 e. The molecule has 35 heavy (non-hydrogen) atoms. The van der Waals surface area contributed by atoms with Crippen LogP contribution in [0.25, 0.3) is 0 Å². The number of carbonyl (C=O) groups excluding carboxylic acids is 2. The van der Waals surface area contributed by atoms with Crippen molar-refractivity contribution in [3.8, 4) is 5.75 Å². The van der Waals surface area contributed by atoms with E-state index in [2.05, 4.69) is 9.69 Å². The molecule has 0 spiro atoms. The summed E-state index contributed by atoms with van der Waals surface area (Å²) in [5.74, 6) is -0.0786. The molecule has 1 fully saturated rings. The number of amides is 2. The lowest BCUT2D eigenvalue weighted by Crippen LogP contribution is -2.46. The van der Waals surface area contributed by atoms with Crippen LogP contribution in [0.2, 0.25) is 9.36 Å². The SMILES string of the molecule is CCc1ccccc1N(C(=O)c1nsc(Cl)c1Cl)C(C(=O)NC1CCCC1)c1ccc(OC)cc1. The van der Waals surface area contributed by atoms with Gasteiger partial charge in [0, 0.05) is 11.7 Å². The fraction of sp³-hybridized carbons (Fsp3) is 0.346. The van der Waals surface area contributed by atoms with Gasteiger partial charge in [0.2, 0.25) is 5.91 Å². The predicted octanol–water partition coefficient (Wildman–Crippen LogP) is 6.47. The summed E-state index contributed by atoms with van der Waals surface area (Å²) in [5, 5.41) is 3.27. The maximum atomic E-state index is 14.0. The number of carbonyl (C=O) groups is 2. The fourth-order valence-electron chi connectivity index (χ4n) is 4.47. The number of hydrogen-bond acceptors (Lipinski definition) is 5. The first-order valence-electron chi connectivity index (χ1n) is 11.6. The molecule has 1 aromatic heterocycles. The van der Waals surface area contributed by atoms with Gasteiger partial charge in [0.25, 0.3) is 5.91 Å². The molecular formula is C26H27Cl2N3O3S. The van der Waals surface area contributed by atoms with E-state index >= 15 is 0 Å². The van der Waals surface area contributed by atoms with Crippen molar-refractivity contribution in [2.24, 2.45) is 0 Å². The Balaban J connectivity index is 1.87. The summed E-state index contributed by atoms with van der Waals surface area (Å²) >= 11 is 13.5. The maximum absolute atomic E-state index is 14.0. The van der Waals surface area contributed by atoms with Gasteiger partial charge in [-0.3, -0.25) is 14.5 Å². The van der Waals surface area contributed by atoms with Crippen molar-refractivity contribution in [1.82, 2.24) is 9.69 Å². The summed E-state index contributed by atoms with van der Waals surface area (Å²) in [6, 6.07) is 13.9. The largest absolute Gasteiger partial charge is 0.497 e. The van der Waals surface area contributed by atoms with E-state index in [-0.39, 0.29) is 27.0 Å². The van der Waals surface area contributed by atoms with Gasteiger partial charge in [-0.05, 0) is 60.1 Å². The second-order valence-electron chi connectivity index (χ2n) is 8.44. The summed E-state index contributed by atoms with van der Waals surface area (Å²) in [4.78, 5) is 29.4. The van der Waals surface area contributed by atoms with Gasteiger partial charge >= 0.3 is 0 Å². The van der Waals surface area contributed by atoms with Crippen molar-refractivity contribution in [1.29, 1.82) is 0 Å². The number of nitrogens with one attached hydrogen (secondary N) is 1. The molecule has 1 saturated carbocycles. The van der Waals surface area contributed by atoms with Crippen LogP contribution in [0.1, 0.15) is 60.3 Å². The van der Waals surface area contributed by atoms with E-state index in [1.807, 2.05) is 43.3 Å². The van der Waals surface area contributed by atoms with E-state index in [0.717, 1.165) is 42.8 Å². The average molecular weight is 532 g/mol. The van der Waals surface area contributed by atoms with Crippen LogP contribution in [0.5, 0.6) is 5.75 Å². The van der Waals surface area contributed by atoms with E-state index in [4.69, 9.17) is 27.9 Å². The Morgan fingerprint density at radius 2 is 1.83 bits per heavy atom. The highest BCUT2D eigenvalue weighted by Crippen LogP contribution is 2.37. The Bertz CT molecular complexity index is 1190. The predicted molar refractivity (Wildman–Crippen MR) is 141 cm³/mol. The molecule has 4 rings (SSSR count). The molecule has 1 atom stereocenters. The monoisotopic (exact) mass is 531 g/mol. The van der Waals surface area contributed by atoms with Crippen LogP contribution in [0.4, 0.5) is 5.69 Å². The number of methoxy groups -OCH3 is 1. The first-order chi connectivity index (χ1) is 16.9. The highest BCUT2D eigenvalue weighted by Gasteiger charge is 2.37. The van der Waals surface area contributed by atoms with Crippen molar-refractivity contribution in [3.05, 3.63) is 74.7 Å². The number of para-hydroxylation sites is 1. The Morgan fingerprint density at radius 3 is 2.43 bits per heavy atom. The zero-order valence-corrected chi connectivity index (χ0v) is 21.9. The molecule has 3 aromatic rings. The summed E-state index contributed by atoms with van der Waals surface area (Å²) in [7, 11) is 1.58. The van der Waals surface area contributed by atoms with Crippen molar-refractivity contribution in [3.63, 3.8) is 0 Å². The van der Waals surface area contributed by atoms with Crippen LogP contribution in [0.3, 0.4) is 0 Å². The summed E-state index contributed by atoms with van der Waals surface area (Å²) in [5.41, 5.74) is 2.23. The lowest BCUT2D eigenvalue weighted by atomic mass is 9.99. The van der Waals surface area contributed by atoms with E-state index in [0.29, 0.717) is 23.4 Å². The molecule has 2 aromatic carbocycles. The zero-order chi connectivity index (χ0) is 24.9. The van der Waals surface area contributed by atoms with E-state index < -0.39 is 11.9 Å². The zero-order valence-electron chi connectivity index (χ0n) is 19.6. The molecule has 1 aliphatic rings. The van der Waals surface area contributed by atoms with Gasteiger partial charge < -0.3 is 10.1 Å². The molecule has 2 amide bonds. The highest BCUT2D eigenvalue weighted by molar-refractivity contribution is 7.11. The molecule has 184 valence electrons. The van der Waals surface area contributed by atoms with Crippen LogP contribution >= 0.6 is 34.7 Å². The molecule has 1 heterocycles. The highest BCUT2D eigenvalue weighted by atomic mass is 35.5. The number of aryl methyl sites for hydroxylation is 1. The lowest BCUT2D eigenvalue weighted by molar-refractivity contribution is -0.123. The number of aromatic nitrogens is 1. The molecule has 1 unspecified atom stereocenters. The number of halogens is 2. The maximum Gasteiger partial charge on any atom is 0.280 e. The van der Waals surface area contributed by atoms with Crippen molar-refractivity contribution in [2.75, 3.05) is 12.0 Å². The quantitative estimate of drug-likeness (QED) is 0.361. The van der Waals surface area contributed by atoms with Gasteiger partial charge in [-0.25, -0.2) is 0 Å². The topological polar surface area (TPSA) is 71.5 Å². The second-order valence-corrected chi connectivity index (χ2v) is 10.2. The lowest BCUT2D eigenvalue weighted by Gasteiger charge is -2.33. The molecule has 1 aliphatic carbocycles. The smallest absolute Gasteiger partial charge is 0.280 e. The third-order valence-electron chi connectivity index (χ3n) is 6.29. The van der Waals surface area contributed by atoms with Gasteiger partial charge in [0.1, 0.15) is 21.2 Å². The van der Waals surface area contributed by atoms with E-state index in [1.54, 1.807) is 19.2 Å². The fourth-order valence-corrected chi connectivity index (χ4v) is 5.46. The minimum atomic E-state index is -0.946. The average Bonchev–Trinajstić information content (AvgIpc) is 3.51. The van der Waals surface area contributed by atoms with Crippen molar-refractivity contribution >= 4 is 52.2 Å². The minimum absolute atomic E-state index is 0.0275. The van der Waals surface area contributed by atoms with Crippen molar-refractivity contribution in [2.45, 2.75) is 51.1 Å². The van der Waals surface area contributed by atoms with Crippen LogP contribution in [-0.4, -0.2) is 29.3 Å². The Labute approximate surface area is 219 Å². The normalized spacial score (nSPS) is 14.5. The number of anilines is 1. The number of rotatable bonds is 8. The van der Waals surface area contributed by atoms with Gasteiger partial charge in [0.15, 0.2) is 5.69 Å². The van der Waals surface area contributed by atoms with Gasteiger partial charge in [-0.15, -0.1) is 0 Å². The molecule has 0 radical (unpaired) electrons. The van der Waals surface area contributed by atoms with Gasteiger partial charge in [-0.2, -0.15) is 4.37 Å². The molecule has 9 heteroatoms. The number of nitrogens with zero attached hydrogens (tertiary/aromatic N) is 2. The standard InChI is InChI=1S/C26H27Cl2N3O3S/c1-3-16-8-4-7-11-20(16)31(26(33)22-21(27)24(28)35-30-22)23(17-12-14-19(34-2)15-13-17)25(32)29-18-9-5-6-10-18/h4,7-8,11-15,18,23H,3,5-6,9-10H2,1-2H3,(H,29,32). The van der Waals surface area contributed by atoms with Gasteiger partial charge in [0.05, 0.1) is 7.11 Å².